The Morgan fingerprint density at radius 2 is 0.686 bits per heavy atom. The maximum atomic E-state index is 13.8. The Morgan fingerprint density at radius 1 is 0.343 bits per heavy atom. The van der Waals surface area contributed by atoms with E-state index in [1.54, 1.807) is 67.0 Å². The van der Waals surface area contributed by atoms with Crippen LogP contribution in [0.15, 0.2) is 140 Å². The lowest BCUT2D eigenvalue weighted by Crippen LogP contribution is -2.27. The number of benzene rings is 5. The third-order valence-corrected chi connectivity index (χ3v) is 29.6. The normalized spacial score (nSPS) is 13.7. The molecule has 37 heteroatoms. The van der Waals surface area contributed by atoms with Crippen molar-refractivity contribution in [2.75, 3.05) is 6.54 Å². The predicted molar refractivity (Wildman–Crippen MR) is 549 cm³/mol. The van der Waals surface area contributed by atoms with Crippen LogP contribution in [0.3, 0.4) is 0 Å². The highest BCUT2D eigenvalue weighted by atomic mass is 32.1. The van der Waals surface area contributed by atoms with Crippen LogP contribution in [0.2, 0.25) is 0 Å². The summed E-state index contributed by atoms with van der Waals surface area (Å²) in [6.07, 6.45) is 31.9. The maximum Gasteiger partial charge on any atom is 0.217 e. The van der Waals surface area contributed by atoms with Crippen molar-refractivity contribution in [3.8, 4) is 42.4 Å². The summed E-state index contributed by atoms with van der Waals surface area (Å²) in [5.41, 5.74) is 7.53. The van der Waals surface area contributed by atoms with Crippen LogP contribution in [0.5, 0.6) is 0 Å². The van der Waals surface area contributed by atoms with Gasteiger partial charge in [0.1, 0.15) is 79.0 Å². The predicted octanol–water partition coefficient (Wildman–Crippen LogP) is 23.4. The second-order valence-electron chi connectivity index (χ2n) is 34.8. The highest BCUT2D eigenvalue weighted by Crippen LogP contribution is 2.40. The van der Waals surface area contributed by atoms with Crippen LogP contribution < -0.4 is 37.2 Å². The van der Waals surface area contributed by atoms with Gasteiger partial charge in [-0.05, 0) is 180 Å². The Bertz CT molecular complexity index is 5740. The summed E-state index contributed by atoms with van der Waals surface area (Å²) in [5.74, 6) is -1.21. The Kier molecular flexibility index (Phi) is 48.6. The summed E-state index contributed by atoms with van der Waals surface area (Å²) in [7, 11) is 0. The molecule has 0 saturated heterocycles. The molecule has 0 radical (unpaired) electrons. The van der Waals surface area contributed by atoms with Crippen molar-refractivity contribution in [3.63, 3.8) is 0 Å². The summed E-state index contributed by atoms with van der Waals surface area (Å²) < 4.78 is 52.8. The van der Waals surface area contributed by atoms with E-state index in [0.29, 0.717) is 51.3 Å². The summed E-state index contributed by atoms with van der Waals surface area (Å²) in [4.78, 5) is 84.0. The van der Waals surface area contributed by atoms with Gasteiger partial charge in [0.25, 0.3) is 0 Å². The Balaban J connectivity index is 0.000000188. The number of aromatic nitrogens is 13. The molecule has 7 aromatic heterocycles. The number of nitrogens with one attached hydrogen (secondary N) is 7. The first-order valence-electron chi connectivity index (χ1n) is 48.4. The van der Waals surface area contributed by atoms with E-state index in [-0.39, 0.29) is 94.8 Å². The van der Waals surface area contributed by atoms with Gasteiger partial charge in [0, 0.05) is 95.8 Å². The molecule has 0 aliphatic heterocycles. The van der Waals surface area contributed by atoms with Crippen LogP contribution in [0.4, 0.5) is 17.6 Å². The summed E-state index contributed by atoms with van der Waals surface area (Å²) in [5, 5.41) is 81.2. The van der Waals surface area contributed by atoms with Crippen molar-refractivity contribution in [3.05, 3.63) is 225 Å². The molecule has 5 aromatic carbocycles. The van der Waals surface area contributed by atoms with E-state index in [4.69, 9.17) is 0 Å². The molecular weight excluding hydrogens is 1900 g/mol. The first-order valence-corrected chi connectivity index (χ1v) is 53.3. The number of carbonyl (C=O) groups excluding carboxylic acids is 7. The van der Waals surface area contributed by atoms with Crippen molar-refractivity contribution in [2.45, 2.75) is 311 Å². The Labute approximate surface area is 843 Å². The highest BCUT2D eigenvalue weighted by Gasteiger charge is 2.29. The number of aryl methyl sites for hydroxylation is 2. The van der Waals surface area contributed by atoms with Gasteiger partial charge in [0.05, 0.1) is 36.3 Å². The Morgan fingerprint density at radius 3 is 1.07 bits per heavy atom. The van der Waals surface area contributed by atoms with Gasteiger partial charge >= 0.3 is 0 Å². The minimum absolute atomic E-state index is 0.0194. The van der Waals surface area contributed by atoms with Crippen molar-refractivity contribution in [1.29, 1.82) is 0 Å². The fraction of sp³-hybridized carbons (Fsp3) is 0.476. The Hall–Kier alpha value is -11.4. The molecule has 14 rings (SSSR count). The topological polar surface area (TPSA) is 371 Å². The molecule has 12 aromatic rings. The van der Waals surface area contributed by atoms with Gasteiger partial charge < -0.3 is 37.2 Å². The number of hydrogen-bond acceptors (Lipinski definition) is 26. The number of nitrogens with zero attached hydrogens (tertiary/aromatic N) is 13. The zero-order valence-electron chi connectivity index (χ0n) is 82.0. The first kappa shape index (κ1) is 112. The maximum absolute atomic E-state index is 13.8. The van der Waals surface area contributed by atoms with Crippen molar-refractivity contribution < 1.29 is 51.1 Å². The SMILES string of the molecule is CC(=O)NC(Cc1ccc(C)cc1)c1nnc(-c2ccccn2)s1.CC(=O)NCCCCC(NC(C)=O)c1nnc(-c2ccc(F)cc2)s1.CCCCCC(NC(C)=O)c1nnc(-c2ccc(F)cc2)s1.CCCCCC(NC(C)=O)c1nnc(-c2ccc(F)cc2F)s1.CCCCCC(NC(C)=O)c1nnc(C2CCCCC2)s1.CCc1ccc(CC(NC(C)=O)c2nnc(C3CCCCC3)s2)cc1. The fourth-order valence-corrected chi connectivity index (χ4v) is 21.5. The molecular formula is C103H132F4N20O7S6. The van der Waals surface area contributed by atoms with E-state index in [2.05, 4.69) is 187 Å². The third kappa shape index (κ3) is 39.6. The van der Waals surface area contributed by atoms with Crippen molar-refractivity contribution >= 4 is 109 Å². The molecule has 750 valence electrons. The standard InChI is InChI=1S/C20H27N3OS.C18H18N4OS.C17H21FN4O2S.C16H19F2N3OS.C16H20FN3OS.C16H27N3OS/c1-3-15-9-11-16(12-10-15)13-18(21-14(2)24)20-23-22-19(25-20)17-7-5-4-6-8-17;1-12-6-8-14(9-7-12)11-16(20-13(2)23)18-22-21-17(24-18)15-5-3-4-10-19-15;1-11(23)19-10-4-3-5-15(20-12(2)24)17-22-21-16(25-17)13-6-8-14(18)9-7-13;1-3-4-5-6-14(19-10(2)22)16-21-20-15(23-16)12-8-7-11(17)9-13(12)18;1-3-4-5-6-14(18-11(2)21)16-20-19-15(22-16)12-7-9-13(17)10-8-12;1-3-4-6-11-14(17-12(2)20)16-19-18-15(21-16)13-9-7-5-8-10-13/h9-12,17-18H,3-8,13H2,1-2H3,(H,21,24);3-10,16H,11H2,1-2H3,(H,20,23);6-9,15H,3-5,10H2,1-2H3,(H,19,23)(H,20,24);7-9,14H,3-6H2,1-2H3,(H,19,22);7-10,14H,3-6H2,1-2H3,(H,18,21);13-14H,3-11H2,1-2H3,(H,17,20). The summed E-state index contributed by atoms with van der Waals surface area (Å²) >= 11 is 8.89. The summed E-state index contributed by atoms with van der Waals surface area (Å²) in [6.45, 7) is 21.8. The number of halogens is 4. The molecule has 2 aliphatic carbocycles. The lowest BCUT2D eigenvalue weighted by atomic mass is 9.90. The minimum Gasteiger partial charge on any atom is -0.356 e. The largest absolute Gasteiger partial charge is 0.356 e. The van der Waals surface area contributed by atoms with E-state index in [1.807, 2.05) is 18.2 Å². The van der Waals surface area contributed by atoms with E-state index >= 15 is 0 Å². The lowest BCUT2D eigenvalue weighted by Gasteiger charge is -2.18. The van der Waals surface area contributed by atoms with E-state index in [1.165, 1.54) is 215 Å². The number of rotatable bonds is 40. The molecule has 6 atom stereocenters. The number of amides is 7. The van der Waals surface area contributed by atoms with Gasteiger partial charge in [-0.25, -0.2) is 17.6 Å². The number of pyridine rings is 1. The molecule has 0 spiro atoms. The van der Waals surface area contributed by atoms with Crippen LogP contribution >= 0.6 is 68.0 Å². The molecule has 27 nitrogen and oxygen atoms in total. The average Bonchev–Trinajstić information content (AvgIpc) is 1.69. The lowest BCUT2D eigenvalue weighted by molar-refractivity contribution is -0.120. The van der Waals surface area contributed by atoms with Crippen LogP contribution in [-0.2, 0) is 52.8 Å². The molecule has 7 N–H and O–H groups in total. The van der Waals surface area contributed by atoms with E-state index in [0.717, 1.165) is 153 Å². The molecule has 7 amide bonds. The molecule has 7 heterocycles. The fourth-order valence-electron chi connectivity index (χ4n) is 15.6. The number of carbonyl (C=O) groups is 7. The zero-order chi connectivity index (χ0) is 101. The number of hydrogen-bond donors (Lipinski definition) is 7. The van der Waals surface area contributed by atoms with Crippen molar-refractivity contribution in [2.24, 2.45) is 0 Å². The summed E-state index contributed by atoms with van der Waals surface area (Å²) in [6, 6.07) is 37.4. The van der Waals surface area contributed by atoms with Gasteiger partial charge in [-0.3, -0.25) is 38.5 Å². The van der Waals surface area contributed by atoms with Gasteiger partial charge in [-0.2, -0.15) is 0 Å². The van der Waals surface area contributed by atoms with Gasteiger partial charge in [0.2, 0.25) is 41.4 Å². The second kappa shape index (κ2) is 60.7. The van der Waals surface area contributed by atoms with Crippen molar-refractivity contribution in [1.82, 2.24) is 103 Å². The molecule has 140 heavy (non-hydrogen) atoms. The van der Waals surface area contributed by atoms with Crippen LogP contribution in [-0.4, -0.2) is 114 Å². The molecule has 0 bridgehead atoms. The van der Waals surface area contributed by atoms with E-state index < -0.39 is 11.6 Å². The van der Waals surface area contributed by atoms with E-state index in [9.17, 15) is 51.1 Å². The second-order valence-corrected chi connectivity index (χ2v) is 40.9. The molecule has 2 aliphatic rings. The van der Waals surface area contributed by atoms with Crippen LogP contribution in [0.1, 0.15) is 347 Å². The van der Waals surface area contributed by atoms with Crippen LogP contribution in [0, 0.1) is 30.2 Å². The molecule has 6 unspecified atom stereocenters. The monoisotopic (exact) mass is 2030 g/mol. The molecule has 2 fully saturated rings. The van der Waals surface area contributed by atoms with Gasteiger partial charge in [0.15, 0.2) is 10.0 Å². The average molecular weight is 2030 g/mol. The first-order chi connectivity index (χ1) is 67.5. The smallest absolute Gasteiger partial charge is 0.217 e. The quantitative estimate of drug-likeness (QED) is 0.0138. The third-order valence-electron chi connectivity index (χ3n) is 22.9. The van der Waals surface area contributed by atoms with Gasteiger partial charge in [-0.1, -0.05) is 252 Å². The minimum atomic E-state index is -0.672. The highest BCUT2D eigenvalue weighted by molar-refractivity contribution is 7.16. The molecule has 2 saturated carbocycles. The van der Waals surface area contributed by atoms with Gasteiger partial charge in [-0.15, -0.1) is 61.2 Å². The number of unbranched alkanes of at least 4 members (excludes halogenated alkanes) is 7. The van der Waals surface area contributed by atoms with Crippen LogP contribution in [0.25, 0.3) is 42.4 Å². The zero-order valence-corrected chi connectivity index (χ0v) is 86.9.